The zero-order valence-electron chi connectivity index (χ0n) is 14.2. The zero-order valence-corrected chi connectivity index (χ0v) is 14.2. The van der Waals surface area contributed by atoms with Crippen molar-refractivity contribution in [3.63, 3.8) is 0 Å². The summed E-state index contributed by atoms with van der Waals surface area (Å²) in [4.78, 5) is 4.44. The van der Waals surface area contributed by atoms with E-state index in [2.05, 4.69) is 15.2 Å². The number of benzene rings is 2. The normalized spacial score (nSPS) is 16.3. The van der Waals surface area contributed by atoms with E-state index in [1.165, 1.54) is 12.1 Å². The van der Waals surface area contributed by atoms with E-state index >= 15 is 0 Å². The number of hydrogen-bond donors (Lipinski definition) is 0. The van der Waals surface area contributed by atoms with E-state index in [1.807, 2.05) is 41.1 Å². The second kappa shape index (κ2) is 6.44. The minimum absolute atomic E-state index is 0.173. The molecular formula is C20H15FN4O2. The van der Waals surface area contributed by atoms with Crippen LogP contribution < -0.4 is 0 Å². The highest BCUT2D eigenvalue weighted by Gasteiger charge is 2.24. The fraction of sp³-hybridized carbons (Fsp3) is 0.150. The Labute approximate surface area is 154 Å². The Hall–Kier alpha value is -3.32. The summed E-state index contributed by atoms with van der Waals surface area (Å²) < 4.78 is 26.3. The number of fused-ring (bicyclic) bond motifs is 1. The fourth-order valence-electron chi connectivity index (χ4n) is 3.14. The van der Waals surface area contributed by atoms with Gasteiger partial charge in [0.25, 0.3) is 5.89 Å². The van der Waals surface area contributed by atoms with Crippen molar-refractivity contribution < 1.29 is 13.7 Å². The second-order valence-electron chi connectivity index (χ2n) is 6.34. The zero-order chi connectivity index (χ0) is 18.2. The van der Waals surface area contributed by atoms with Crippen LogP contribution in [0.1, 0.15) is 17.4 Å². The van der Waals surface area contributed by atoms with Gasteiger partial charge in [-0.15, -0.1) is 0 Å². The van der Waals surface area contributed by atoms with E-state index in [4.69, 9.17) is 9.26 Å². The van der Waals surface area contributed by atoms with Crippen molar-refractivity contribution in [1.29, 1.82) is 0 Å². The summed E-state index contributed by atoms with van der Waals surface area (Å²) >= 11 is 0. The minimum Gasteiger partial charge on any atom is -0.365 e. The topological polar surface area (TPSA) is 66.0 Å². The van der Waals surface area contributed by atoms with Crippen LogP contribution in [0.2, 0.25) is 0 Å². The van der Waals surface area contributed by atoms with Crippen LogP contribution in [0.15, 0.2) is 65.2 Å². The molecule has 1 aliphatic heterocycles. The first-order valence-electron chi connectivity index (χ1n) is 8.59. The van der Waals surface area contributed by atoms with Crippen molar-refractivity contribution in [2.75, 3.05) is 0 Å². The molecule has 0 fully saturated rings. The molecule has 2 aromatic carbocycles. The third-order valence-corrected chi connectivity index (χ3v) is 4.55. The van der Waals surface area contributed by atoms with Crippen LogP contribution in [0, 0.1) is 5.82 Å². The van der Waals surface area contributed by atoms with Gasteiger partial charge in [-0.3, -0.25) is 4.68 Å². The Bertz CT molecular complexity index is 1070. The lowest BCUT2D eigenvalue weighted by molar-refractivity contribution is -0.00116. The molecule has 6 nitrogen and oxygen atoms in total. The molecule has 134 valence electrons. The SMILES string of the molecule is Fc1ccc(C2Cn3nc(-c4nc(-c5ccccc5)no4)cc3CO2)cc1. The summed E-state index contributed by atoms with van der Waals surface area (Å²) in [6.45, 7) is 0.954. The van der Waals surface area contributed by atoms with Gasteiger partial charge in [0.1, 0.15) is 11.9 Å². The lowest BCUT2D eigenvalue weighted by Crippen LogP contribution is -2.21. The summed E-state index contributed by atoms with van der Waals surface area (Å²) in [5.41, 5.74) is 3.35. The summed E-state index contributed by atoms with van der Waals surface area (Å²) in [6, 6.07) is 17.9. The van der Waals surface area contributed by atoms with Crippen LogP contribution in [-0.4, -0.2) is 19.9 Å². The lowest BCUT2D eigenvalue weighted by Gasteiger charge is -2.24. The largest absolute Gasteiger partial charge is 0.365 e. The number of ether oxygens (including phenoxy) is 1. The first kappa shape index (κ1) is 15.9. The van der Waals surface area contributed by atoms with E-state index in [1.54, 1.807) is 12.1 Å². The average molecular weight is 362 g/mol. The molecule has 27 heavy (non-hydrogen) atoms. The van der Waals surface area contributed by atoms with Gasteiger partial charge in [0.05, 0.1) is 18.8 Å². The molecule has 1 unspecified atom stereocenters. The first-order valence-corrected chi connectivity index (χ1v) is 8.59. The fourth-order valence-corrected chi connectivity index (χ4v) is 3.14. The molecule has 0 amide bonds. The molecule has 0 radical (unpaired) electrons. The highest BCUT2D eigenvalue weighted by atomic mass is 19.1. The number of nitrogens with zero attached hydrogens (tertiary/aromatic N) is 4. The molecule has 1 atom stereocenters. The molecule has 4 aromatic rings. The molecule has 2 aromatic heterocycles. The van der Waals surface area contributed by atoms with Crippen LogP contribution in [0.3, 0.4) is 0 Å². The Kier molecular flexibility index (Phi) is 3.79. The maximum atomic E-state index is 13.1. The monoisotopic (exact) mass is 362 g/mol. The quantitative estimate of drug-likeness (QED) is 0.551. The molecule has 0 N–H and O–H groups in total. The highest BCUT2D eigenvalue weighted by Crippen LogP contribution is 2.29. The Morgan fingerprint density at radius 2 is 1.85 bits per heavy atom. The molecule has 0 saturated carbocycles. The van der Waals surface area contributed by atoms with Gasteiger partial charge in [-0.2, -0.15) is 10.1 Å². The van der Waals surface area contributed by atoms with Crippen LogP contribution >= 0.6 is 0 Å². The Morgan fingerprint density at radius 3 is 2.67 bits per heavy atom. The number of hydrogen-bond acceptors (Lipinski definition) is 5. The van der Waals surface area contributed by atoms with Crippen LogP contribution in [0.25, 0.3) is 23.0 Å². The van der Waals surface area contributed by atoms with Crippen molar-refractivity contribution >= 4 is 0 Å². The van der Waals surface area contributed by atoms with E-state index in [9.17, 15) is 4.39 Å². The van der Waals surface area contributed by atoms with Crippen molar-refractivity contribution in [1.82, 2.24) is 19.9 Å². The molecule has 5 rings (SSSR count). The molecule has 0 aliphatic carbocycles. The maximum absolute atomic E-state index is 13.1. The Balaban J connectivity index is 1.40. The Morgan fingerprint density at radius 1 is 1.04 bits per heavy atom. The third kappa shape index (κ3) is 3.02. The van der Waals surface area contributed by atoms with Gasteiger partial charge in [0, 0.05) is 5.56 Å². The molecule has 3 heterocycles. The first-order chi connectivity index (χ1) is 13.3. The predicted octanol–water partition coefficient (Wildman–Crippen LogP) is 4.01. The summed E-state index contributed by atoms with van der Waals surface area (Å²) in [7, 11) is 0. The summed E-state index contributed by atoms with van der Waals surface area (Å²) in [5.74, 6) is 0.633. The van der Waals surface area contributed by atoms with E-state index in [0.717, 1.165) is 16.8 Å². The smallest absolute Gasteiger partial charge is 0.278 e. The van der Waals surface area contributed by atoms with Gasteiger partial charge >= 0.3 is 0 Å². The maximum Gasteiger partial charge on any atom is 0.278 e. The van der Waals surface area contributed by atoms with Gasteiger partial charge in [0.15, 0.2) is 5.69 Å². The van der Waals surface area contributed by atoms with E-state index in [0.29, 0.717) is 30.6 Å². The van der Waals surface area contributed by atoms with Crippen molar-refractivity contribution in [3.05, 3.63) is 77.7 Å². The number of aromatic nitrogens is 4. The molecule has 0 saturated heterocycles. The average Bonchev–Trinajstić information content (AvgIpc) is 3.36. The second-order valence-corrected chi connectivity index (χ2v) is 6.34. The van der Waals surface area contributed by atoms with Crippen LogP contribution in [0.4, 0.5) is 4.39 Å². The summed E-state index contributed by atoms with van der Waals surface area (Å²) in [5, 5.41) is 8.63. The van der Waals surface area contributed by atoms with Gasteiger partial charge in [-0.25, -0.2) is 4.39 Å². The van der Waals surface area contributed by atoms with Gasteiger partial charge in [0.2, 0.25) is 5.82 Å². The van der Waals surface area contributed by atoms with Crippen molar-refractivity contribution in [2.45, 2.75) is 19.3 Å². The van der Waals surface area contributed by atoms with Crippen molar-refractivity contribution in [2.24, 2.45) is 0 Å². The predicted molar refractivity (Wildman–Crippen MR) is 94.9 cm³/mol. The number of halogens is 1. The van der Waals surface area contributed by atoms with Crippen LogP contribution in [-0.2, 0) is 17.9 Å². The van der Waals surface area contributed by atoms with E-state index in [-0.39, 0.29) is 11.9 Å². The van der Waals surface area contributed by atoms with E-state index < -0.39 is 0 Å². The molecule has 0 spiro atoms. The van der Waals surface area contributed by atoms with Crippen molar-refractivity contribution in [3.8, 4) is 23.0 Å². The summed E-state index contributed by atoms with van der Waals surface area (Å²) in [6.07, 6.45) is -0.173. The van der Waals surface area contributed by atoms with Gasteiger partial charge in [-0.05, 0) is 23.8 Å². The number of rotatable bonds is 3. The molecule has 7 heteroatoms. The molecule has 1 aliphatic rings. The molecule has 0 bridgehead atoms. The third-order valence-electron chi connectivity index (χ3n) is 4.55. The van der Waals surface area contributed by atoms with Gasteiger partial charge in [-0.1, -0.05) is 47.6 Å². The molecular weight excluding hydrogens is 347 g/mol. The standard InChI is InChI=1S/C20H15FN4O2/c21-15-8-6-13(7-9-15)18-11-25-16(12-26-18)10-17(23-25)20-22-19(24-27-20)14-4-2-1-3-5-14/h1-10,18H,11-12H2. The lowest BCUT2D eigenvalue weighted by atomic mass is 10.1. The minimum atomic E-state index is -0.262. The van der Waals surface area contributed by atoms with Gasteiger partial charge < -0.3 is 9.26 Å². The van der Waals surface area contributed by atoms with Crippen LogP contribution in [0.5, 0.6) is 0 Å². The highest BCUT2D eigenvalue weighted by molar-refractivity contribution is 5.57.